The molecule has 0 bridgehead atoms. The second kappa shape index (κ2) is 4.05. The van der Waals surface area contributed by atoms with E-state index in [1.807, 2.05) is 19.9 Å². The number of carbonyl (C=O) groups excluding carboxylic acids is 1. The zero-order valence-corrected chi connectivity index (χ0v) is 9.24. The summed E-state index contributed by atoms with van der Waals surface area (Å²) in [6, 6.07) is 3.58. The Balaban J connectivity index is 2.65. The first-order chi connectivity index (χ1) is 5.59. The molecule has 4 heteroatoms. The average Bonchev–Trinajstić information content (AvgIpc) is 2.34. The van der Waals surface area contributed by atoms with Crippen LogP contribution in [0, 0.1) is 0 Å². The first-order valence-corrected chi connectivity index (χ1v) is 5.17. The first kappa shape index (κ1) is 9.74. The van der Waals surface area contributed by atoms with E-state index in [-0.39, 0.29) is 12.1 Å². The van der Waals surface area contributed by atoms with Gasteiger partial charge in [0.05, 0.1) is 9.89 Å². The Kier molecular flexibility index (Phi) is 3.29. The maximum atomic E-state index is 11.2. The van der Waals surface area contributed by atoms with Crippen molar-refractivity contribution >= 4 is 33.2 Å². The lowest BCUT2D eigenvalue weighted by Gasteiger charge is -2.04. The Morgan fingerprint density at radius 2 is 2.25 bits per heavy atom. The molecule has 12 heavy (non-hydrogen) atoms. The molecule has 0 atom stereocenters. The van der Waals surface area contributed by atoms with Gasteiger partial charge in [-0.15, -0.1) is 11.3 Å². The maximum absolute atomic E-state index is 11.2. The highest BCUT2D eigenvalue weighted by molar-refractivity contribution is 9.11. The molecule has 66 valence electrons. The molecule has 0 N–H and O–H groups in total. The van der Waals surface area contributed by atoms with Gasteiger partial charge in [-0.05, 0) is 41.9 Å². The molecule has 0 aliphatic rings. The Morgan fingerprint density at radius 1 is 1.58 bits per heavy atom. The van der Waals surface area contributed by atoms with E-state index in [0.29, 0.717) is 4.88 Å². The van der Waals surface area contributed by atoms with E-state index in [0.717, 1.165) is 3.79 Å². The molecule has 1 rings (SSSR count). The summed E-state index contributed by atoms with van der Waals surface area (Å²) < 4.78 is 5.94. The summed E-state index contributed by atoms with van der Waals surface area (Å²) in [5.74, 6) is -0.249. The molecule has 2 nitrogen and oxygen atoms in total. The lowest BCUT2D eigenvalue weighted by atomic mass is 10.4. The number of hydrogen-bond acceptors (Lipinski definition) is 3. The Bertz CT molecular complexity index is 280. The van der Waals surface area contributed by atoms with Crippen molar-refractivity contribution in [2.24, 2.45) is 0 Å². The van der Waals surface area contributed by atoms with Crippen molar-refractivity contribution in [3.8, 4) is 0 Å². The van der Waals surface area contributed by atoms with Crippen LogP contribution in [0.4, 0.5) is 0 Å². The van der Waals surface area contributed by atoms with Gasteiger partial charge in [0, 0.05) is 0 Å². The smallest absolute Gasteiger partial charge is 0.348 e. The molecule has 0 amide bonds. The van der Waals surface area contributed by atoms with Crippen LogP contribution in [-0.2, 0) is 4.74 Å². The highest BCUT2D eigenvalue weighted by Crippen LogP contribution is 2.22. The second-order valence-electron chi connectivity index (χ2n) is 2.56. The minimum Gasteiger partial charge on any atom is -0.459 e. The lowest BCUT2D eigenvalue weighted by molar-refractivity contribution is 0.0384. The van der Waals surface area contributed by atoms with Crippen LogP contribution in [0.1, 0.15) is 23.5 Å². The third kappa shape index (κ3) is 2.60. The summed E-state index contributed by atoms with van der Waals surface area (Å²) in [5.41, 5.74) is 0. The molecule has 1 heterocycles. The zero-order chi connectivity index (χ0) is 9.14. The van der Waals surface area contributed by atoms with Crippen molar-refractivity contribution in [3.63, 3.8) is 0 Å². The molecule has 1 aromatic heterocycles. The van der Waals surface area contributed by atoms with Gasteiger partial charge in [-0.1, -0.05) is 0 Å². The van der Waals surface area contributed by atoms with Crippen molar-refractivity contribution in [1.29, 1.82) is 0 Å². The van der Waals surface area contributed by atoms with Crippen molar-refractivity contribution in [2.45, 2.75) is 20.0 Å². The fourth-order valence-corrected chi connectivity index (χ4v) is 1.97. The highest BCUT2D eigenvalue weighted by atomic mass is 79.9. The van der Waals surface area contributed by atoms with Gasteiger partial charge in [0.1, 0.15) is 4.88 Å². The Labute approximate surface area is 83.7 Å². The van der Waals surface area contributed by atoms with E-state index in [9.17, 15) is 4.79 Å². The molecule has 0 radical (unpaired) electrons. The molecular formula is C8H9BrO2S. The summed E-state index contributed by atoms with van der Waals surface area (Å²) in [7, 11) is 0. The largest absolute Gasteiger partial charge is 0.459 e. The minimum absolute atomic E-state index is 0.0571. The van der Waals surface area contributed by atoms with Gasteiger partial charge in [0.25, 0.3) is 0 Å². The second-order valence-corrected chi connectivity index (χ2v) is 5.02. The quantitative estimate of drug-likeness (QED) is 0.753. The molecule has 0 saturated carbocycles. The molecule has 0 saturated heterocycles. The number of carbonyl (C=O) groups is 1. The molecule has 0 unspecified atom stereocenters. The third-order valence-electron chi connectivity index (χ3n) is 1.12. The van der Waals surface area contributed by atoms with E-state index in [1.165, 1.54) is 11.3 Å². The molecule has 1 aromatic rings. The van der Waals surface area contributed by atoms with Crippen LogP contribution >= 0.6 is 27.3 Å². The predicted molar refractivity (Wildman–Crippen MR) is 52.6 cm³/mol. The van der Waals surface area contributed by atoms with Crippen LogP contribution < -0.4 is 0 Å². The van der Waals surface area contributed by atoms with E-state index in [4.69, 9.17) is 4.74 Å². The van der Waals surface area contributed by atoms with Gasteiger partial charge in [-0.2, -0.15) is 0 Å². The van der Waals surface area contributed by atoms with Crippen molar-refractivity contribution in [1.82, 2.24) is 0 Å². The fraction of sp³-hybridized carbons (Fsp3) is 0.375. The summed E-state index contributed by atoms with van der Waals surface area (Å²) in [6.07, 6.45) is -0.0571. The van der Waals surface area contributed by atoms with Gasteiger partial charge in [-0.3, -0.25) is 0 Å². The summed E-state index contributed by atoms with van der Waals surface area (Å²) in [5, 5.41) is 0. The standard InChI is InChI=1S/C8H9BrO2S/c1-5(2)11-8(10)6-3-4-7(9)12-6/h3-5H,1-2H3. The summed E-state index contributed by atoms with van der Waals surface area (Å²) >= 11 is 4.66. The topological polar surface area (TPSA) is 26.3 Å². The van der Waals surface area contributed by atoms with Crippen LogP contribution in [0.15, 0.2) is 15.9 Å². The van der Waals surface area contributed by atoms with Crippen LogP contribution in [0.3, 0.4) is 0 Å². The number of ether oxygens (including phenoxy) is 1. The van der Waals surface area contributed by atoms with Gasteiger partial charge < -0.3 is 4.74 Å². The molecule has 0 fully saturated rings. The lowest BCUT2D eigenvalue weighted by Crippen LogP contribution is -2.09. The van der Waals surface area contributed by atoms with Crippen LogP contribution in [-0.4, -0.2) is 12.1 Å². The van der Waals surface area contributed by atoms with E-state index < -0.39 is 0 Å². The molecule has 0 aliphatic carbocycles. The molecular weight excluding hydrogens is 240 g/mol. The Hall–Kier alpha value is -0.350. The van der Waals surface area contributed by atoms with Crippen molar-refractivity contribution in [2.75, 3.05) is 0 Å². The normalized spacial score (nSPS) is 10.3. The highest BCUT2D eigenvalue weighted by Gasteiger charge is 2.10. The van der Waals surface area contributed by atoms with Crippen LogP contribution in [0.2, 0.25) is 0 Å². The number of rotatable bonds is 2. The van der Waals surface area contributed by atoms with Gasteiger partial charge >= 0.3 is 5.97 Å². The minimum atomic E-state index is -0.249. The van der Waals surface area contributed by atoms with Gasteiger partial charge in [0.2, 0.25) is 0 Å². The Morgan fingerprint density at radius 3 is 2.67 bits per heavy atom. The van der Waals surface area contributed by atoms with Crippen LogP contribution in [0.5, 0.6) is 0 Å². The van der Waals surface area contributed by atoms with Gasteiger partial charge in [-0.25, -0.2) is 4.79 Å². The van der Waals surface area contributed by atoms with E-state index in [1.54, 1.807) is 6.07 Å². The maximum Gasteiger partial charge on any atom is 0.348 e. The van der Waals surface area contributed by atoms with E-state index in [2.05, 4.69) is 15.9 Å². The van der Waals surface area contributed by atoms with Crippen molar-refractivity contribution < 1.29 is 9.53 Å². The van der Waals surface area contributed by atoms with Gasteiger partial charge in [0.15, 0.2) is 0 Å². The van der Waals surface area contributed by atoms with Crippen LogP contribution in [0.25, 0.3) is 0 Å². The van der Waals surface area contributed by atoms with E-state index >= 15 is 0 Å². The number of hydrogen-bond donors (Lipinski definition) is 0. The van der Waals surface area contributed by atoms with Crippen molar-refractivity contribution in [3.05, 3.63) is 20.8 Å². The number of thiophene rings is 1. The number of halogens is 1. The summed E-state index contributed by atoms with van der Waals surface area (Å²) in [6.45, 7) is 3.67. The predicted octanol–water partition coefficient (Wildman–Crippen LogP) is 3.08. The molecule has 0 spiro atoms. The average molecular weight is 249 g/mol. The molecule has 0 aromatic carbocycles. The first-order valence-electron chi connectivity index (χ1n) is 3.56. The SMILES string of the molecule is CC(C)OC(=O)c1ccc(Br)s1. The summed E-state index contributed by atoms with van der Waals surface area (Å²) in [4.78, 5) is 11.9. The number of esters is 1. The third-order valence-corrected chi connectivity index (χ3v) is 2.72. The zero-order valence-electron chi connectivity index (χ0n) is 6.83. The molecule has 0 aliphatic heterocycles. The monoisotopic (exact) mass is 248 g/mol. The fourth-order valence-electron chi connectivity index (χ4n) is 0.696.